The lowest BCUT2D eigenvalue weighted by molar-refractivity contribution is -0.392. The zero-order valence-corrected chi connectivity index (χ0v) is 20.8. The normalized spacial score (nSPS) is 29.8. The van der Waals surface area contributed by atoms with Gasteiger partial charge in [-0.3, -0.25) is 0 Å². The zero-order valence-electron chi connectivity index (χ0n) is 20.8. The van der Waals surface area contributed by atoms with Crippen LogP contribution in [0.3, 0.4) is 0 Å². The van der Waals surface area contributed by atoms with E-state index in [1.54, 1.807) is 13.2 Å². The minimum absolute atomic E-state index is 0.204. The molecule has 0 unspecified atom stereocenters. The third-order valence-corrected chi connectivity index (χ3v) is 6.51. The molecule has 0 bridgehead atoms. The molecule has 194 valence electrons. The Labute approximate surface area is 213 Å². The van der Waals surface area contributed by atoms with Gasteiger partial charge in [0, 0.05) is 12.0 Å². The molecule has 2 aliphatic heterocycles. The summed E-state index contributed by atoms with van der Waals surface area (Å²) >= 11 is 0. The third-order valence-electron chi connectivity index (χ3n) is 6.51. The van der Waals surface area contributed by atoms with Crippen LogP contribution in [0.25, 0.3) is 0 Å². The fraction of sp³-hybridized carbons (Fsp3) is 0.448. The molecule has 0 radical (unpaired) electrons. The second-order valence-corrected chi connectivity index (χ2v) is 9.05. The molecule has 2 aromatic rings. The number of rotatable bonds is 12. The molecule has 0 saturated carbocycles. The second-order valence-electron chi connectivity index (χ2n) is 9.05. The quantitative estimate of drug-likeness (QED) is 0.337. The number of unbranched alkanes of at least 4 members (excludes halogenated alkanes) is 1. The van der Waals surface area contributed by atoms with Gasteiger partial charge in [0.15, 0.2) is 12.6 Å². The van der Waals surface area contributed by atoms with Crippen LogP contribution in [0.4, 0.5) is 0 Å². The van der Waals surface area contributed by atoms with Crippen molar-refractivity contribution < 1.29 is 33.5 Å². The smallest absolute Gasteiger partial charge is 0.189 e. The van der Waals surface area contributed by atoms with E-state index in [0.717, 1.165) is 29.7 Å². The van der Waals surface area contributed by atoms with Gasteiger partial charge in [-0.15, -0.1) is 13.2 Å². The van der Waals surface area contributed by atoms with Gasteiger partial charge in [-0.2, -0.15) is 0 Å². The lowest BCUT2D eigenvalue weighted by Gasteiger charge is -2.53. The topological polar surface area (TPSA) is 75.6 Å². The van der Waals surface area contributed by atoms with Crippen molar-refractivity contribution in [3.05, 3.63) is 91.0 Å². The van der Waals surface area contributed by atoms with Crippen LogP contribution in [0.5, 0.6) is 5.75 Å². The molecular weight excluding hydrogens is 460 g/mol. The SMILES string of the molecule is C=CCCCO[C@@H]1O[C@@H]2CO[C@H](c3ccccc3)O[C@@H]2[C@H](OCc2ccc(OC)cc2)[C@@]1(O)CC=C. The number of allylic oxidation sites excluding steroid dienone is 1. The molecular formula is C29H36O7. The average molecular weight is 497 g/mol. The molecule has 2 heterocycles. The van der Waals surface area contributed by atoms with E-state index < -0.39 is 36.5 Å². The summed E-state index contributed by atoms with van der Waals surface area (Å²) in [4.78, 5) is 0. The summed E-state index contributed by atoms with van der Waals surface area (Å²) in [7, 11) is 1.63. The Morgan fingerprint density at radius 3 is 2.50 bits per heavy atom. The monoisotopic (exact) mass is 496 g/mol. The van der Waals surface area contributed by atoms with Gasteiger partial charge in [-0.05, 0) is 30.5 Å². The Hall–Kier alpha value is -2.52. The first-order chi connectivity index (χ1) is 17.6. The van der Waals surface area contributed by atoms with Crippen LogP contribution < -0.4 is 4.74 Å². The average Bonchev–Trinajstić information content (AvgIpc) is 2.91. The highest BCUT2D eigenvalue weighted by atomic mass is 16.8. The van der Waals surface area contributed by atoms with E-state index >= 15 is 0 Å². The molecule has 0 spiro atoms. The van der Waals surface area contributed by atoms with Gasteiger partial charge in [-0.1, -0.05) is 54.6 Å². The molecule has 2 fully saturated rings. The molecule has 6 atom stereocenters. The van der Waals surface area contributed by atoms with Crippen molar-refractivity contribution in [1.29, 1.82) is 0 Å². The highest BCUT2D eigenvalue weighted by Gasteiger charge is 2.58. The minimum atomic E-state index is -1.51. The van der Waals surface area contributed by atoms with Crippen LogP contribution >= 0.6 is 0 Å². The first-order valence-electron chi connectivity index (χ1n) is 12.4. The summed E-state index contributed by atoms with van der Waals surface area (Å²) in [5.41, 5.74) is 0.317. The van der Waals surface area contributed by atoms with Crippen molar-refractivity contribution in [3.8, 4) is 5.75 Å². The molecule has 7 heteroatoms. The molecule has 2 saturated heterocycles. The molecule has 7 nitrogen and oxygen atoms in total. The van der Waals surface area contributed by atoms with Crippen molar-refractivity contribution in [2.45, 2.75) is 62.4 Å². The fourth-order valence-corrected chi connectivity index (χ4v) is 4.60. The Kier molecular flexibility index (Phi) is 9.31. The Morgan fingerprint density at radius 2 is 1.81 bits per heavy atom. The molecule has 4 rings (SSSR count). The number of hydrogen-bond donors (Lipinski definition) is 1. The number of methoxy groups -OCH3 is 1. The predicted molar refractivity (Wildman–Crippen MR) is 135 cm³/mol. The molecule has 0 amide bonds. The van der Waals surface area contributed by atoms with E-state index in [9.17, 15) is 5.11 Å². The van der Waals surface area contributed by atoms with Crippen molar-refractivity contribution in [2.24, 2.45) is 0 Å². The van der Waals surface area contributed by atoms with E-state index in [0.29, 0.717) is 6.61 Å². The zero-order chi connectivity index (χ0) is 25.4. The van der Waals surface area contributed by atoms with Crippen molar-refractivity contribution >= 4 is 0 Å². The largest absolute Gasteiger partial charge is 0.497 e. The minimum Gasteiger partial charge on any atom is -0.497 e. The number of hydrogen-bond acceptors (Lipinski definition) is 7. The second kappa shape index (κ2) is 12.6. The summed E-state index contributed by atoms with van der Waals surface area (Å²) in [5, 5.41) is 12.0. The number of aliphatic hydroxyl groups is 1. The number of benzene rings is 2. The van der Waals surface area contributed by atoms with E-state index in [2.05, 4.69) is 13.2 Å². The predicted octanol–water partition coefficient (Wildman–Crippen LogP) is 4.71. The highest BCUT2D eigenvalue weighted by Crippen LogP contribution is 2.42. The summed E-state index contributed by atoms with van der Waals surface area (Å²) in [6.45, 7) is 8.57. The molecule has 2 aromatic carbocycles. The van der Waals surface area contributed by atoms with Gasteiger partial charge in [-0.25, -0.2) is 0 Å². The summed E-state index contributed by atoms with van der Waals surface area (Å²) < 4.78 is 36.4. The standard InChI is InChI=1S/C29H36O7/c1-4-6-10-18-32-28-29(30,17-5-2)26(33-19-21-13-15-23(31-3)16-14-21)25-24(35-28)20-34-27(36-25)22-11-8-7-9-12-22/h4-5,7-9,11-16,24-28,30H,1-2,6,10,17-20H2,3H3/t24-,25+,26+,27+,28-,29+/m1/s1. The maximum atomic E-state index is 12.0. The van der Waals surface area contributed by atoms with Crippen molar-refractivity contribution in [1.82, 2.24) is 0 Å². The van der Waals surface area contributed by atoms with Gasteiger partial charge >= 0.3 is 0 Å². The van der Waals surface area contributed by atoms with Gasteiger partial charge in [0.1, 0.15) is 29.7 Å². The number of fused-ring (bicyclic) bond motifs is 1. The first-order valence-corrected chi connectivity index (χ1v) is 12.4. The third kappa shape index (κ3) is 6.06. The van der Waals surface area contributed by atoms with Gasteiger partial charge in [0.2, 0.25) is 0 Å². The molecule has 0 aliphatic carbocycles. The van der Waals surface area contributed by atoms with E-state index in [4.69, 9.17) is 28.4 Å². The van der Waals surface area contributed by atoms with Crippen LogP contribution in [0.2, 0.25) is 0 Å². The summed E-state index contributed by atoms with van der Waals surface area (Å²) in [6.07, 6.45) is 1.94. The molecule has 36 heavy (non-hydrogen) atoms. The summed E-state index contributed by atoms with van der Waals surface area (Å²) in [5.74, 6) is 0.763. The fourth-order valence-electron chi connectivity index (χ4n) is 4.60. The lowest BCUT2D eigenvalue weighted by Crippen LogP contribution is -2.69. The lowest BCUT2D eigenvalue weighted by atomic mass is 9.83. The Bertz CT molecular complexity index is 963. The maximum Gasteiger partial charge on any atom is 0.189 e. The van der Waals surface area contributed by atoms with Crippen molar-refractivity contribution in [2.75, 3.05) is 20.3 Å². The van der Waals surface area contributed by atoms with Crippen LogP contribution in [0.1, 0.15) is 36.7 Å². The van der Waals surface area contributed by atoms with E-state index in [1.165, 1.54) is 0 Å². The molecule has 0 aromatic heterocycles. The first kappa shape index (κ1) is 26.5. The van der Waals surface area contributed by atoms with E-state index in [-0.39, 0.29) is 19.6 Å². The highest BCUT2D eigenvalue weighted by molar-refractivity contribution is 5.26. The van der Waals surface area contributed by atoms with Crippen LogP contribution in [-0.4, -0.2) is 55.6 Å². The van der Waals surface area contributed by atoms with Gasteiger partial charge in [0.25, 0.3) is 0 Å². The van der Waals surface area contributed by atoms with E-state index in [1.807, 2.05) is 60.7 Å². The van der Waals surface area contributed by atoms with Crippen LogP contribution in [0.15, 0.2) is 79.9 Å². The van der Waals surface area contributed by atoms with Crippen LogP contribution in [0, 0.1) is 0 Å². The number of ether oxygens (including phenoxy) is 6. The van der Waals surface area contributed by atoms with Crippen LogP contribution in [-0.2, 0) is 30.3 Å². The van der Waals surface area contributed by atoms with Gasteiger partial charge in [0.05, 0.1) is 26.9 Å². The molecule has 2 aliphatic rings. The van der Waals surface area contributed by atoms with Crippen molar-refractivity contribution in [3.63, 3.8) is 0 Å². The summed E-state index contributed by atoms with van der Waals surface area (Å²) in [6, 6.07) is 17.3. The van der Waals surface area contributed by atoms with Gasteiger partial charge < -0.3 is 33.5 Å². The Morgan fingerprint density at radius 1 is 1.03 bits per heavy atom. The maximum absolute atomic E-state index is 12.0. The Balaban J connectivity index is 1.59. The molecule has 1 N–H and O–H groups in total.